The maximum absolute atomic E-state index is 12.5. The largest absolute Gasteiger partial charge is 0.345 e. The van der Waals surface area contributed by atoms with Crippen molar-refractivity contribution in [3.8, 4) is 0 Å². The molecule has 7 nitrogen and oxygen atoms in total. The van der Waals surface area contributed by atoms with Crippen LogP contribution >= 0.6 is 0 Å². The first-order valence-corrected chi connectivity index (χ1v) is 11.4. The number of amides is 1. The third-order valence-corrected chi connectivity index (χ3v) is 5.30. The van der Waals surface area contributed by atoms with E-state index in [0.717, 1.165) is 12.5 Å². The molecule has 1 amide bonds. The van der Waals surface area contributed by atoms with Crippen LogP contribution in [0.15, 0.2) is 53.4 Å². The minimum absolute atomic E-state index is 0.0527. The Kier molecular flexibility index (Phi) is 5.72. The molecule has 0 spiro atoms. The van der Waals surface area contributed by atoms with Crippen LogP contribution in [0.2, 0.25) is 0 Å². The summed E-state index contributed by atoms with van der Waals surface area (Å²) in [5.41, 5.74) is 1.16. The molecular formula is C17H20N2O5S2. The van der Waals surface area contributed by atoms with Gasteiger partial charge in [0.1, 0.15) is 0 Å². The Bertz CT molecular complexity index is 1030. The smallest absolute Gasteiger partial charge is 0.251 e. The number of benzene rings is 2. The van der Waals surface area contributed by atoms with Crippen molar-refractivity contribution < 1.29 is 21.6 Å². The molecule has 26 heavy (non-hydrogen) atoms. The molecule has 0 aliphatic rings. The Morgan fingerprint density at radius 2 is 1.62 bits per heavy atom. The van der Waals surface area contributed by atoms with E-state index >= 15 is 0 Å². The summed E-state index contributed by atoms with van der Waals surface area (Å²) in [5, 5.41) is 2.75. The Hall–Kier alpha value is -2.39. The molecule has 2 N–H and O–H groups in total. The first kappa shape index (κ1) is 19.9. The summed E-state index contributed by atoms with van der Waals surface area (Å²) in [6.07, 6.45) is 2.11. The van der Waals surface area contributed by atoms with Gasteiger partial charge < -0.3 is 5.32 Å². The first-order chi connectivity index (χ1) is 12.0. The Labute approximate surface area is 153 Å². The summed E-state index contributed by atoms with van der Waals surface area (Å²) >= 11 is 0. The van der Waals surface area contributed by atoms with Crippen molar-refractivity contribution in [1.82, 2.24) is 5.32 Å². The van der Waals surface area contributed by atoms with Crippen molar-refractivity contribution in [2.24, 2.45) is 0 Å². The number of rotatable bonds is 6. The lowest BCUT2D eigenvalue weighted by atomic mass is 10.1. The number of sulfone groups is 1. The summed E-state index contributed by atoms with van der Waals surface area (Å²) in [7, 11) is -6.89. The second-order valence-corrected chi connectivity index (χ2v) is 9.72. The molecule has 0 saturated heterocycles. The van der Waals surface area contributed by atoms with Crippen LogP contribution in [0, 0.1) is 0 Å². The minimum atomic E-state index is -3.47. The molecule has 0 fully saturated rings. The van der Waals surface area contributed by atoms with Gasteiger partial charge in [0, 0.05) is 11.8 Å². The van der Waals surface area contributed by atoms with E-state index in [1.807, 2.05) is 0 Å². The van der Waals surface area contributed by atoms with Crippen LogP contribution in [0.4, 0.5) is 5.69 Å². The van der Waals surface area contributed by atoms with Gasteiger partial charge in [-0.05, 0) is 36.8 Å². The van der Waals surface area contributed by atoms with Crippen LogP contribution in [-0.4, -0.2) is 35.3 Å². The molecule has 0 radical (unpaired) electrons. The molecule has 2 aromatic rings. The number of nitrogens with one attached hydrogen (secondary N) is 2. The normalized spacial score (nSPS) is 13.0. The lowest BCUT2D eigenvalue weighted by Gasteiger charge is -2.18. The highest BCUT2D eigenvalue weighted by molar-refractivity contribution is 7.92. The predicted molar refractivity (Wildman–Crippen MR) is 100 cm³/mol. The number of anilines is 1. The second-order valence-electron chi connectivity index (χ2n) is 5.96. The van der Waals surface area contributed by atoms with Gasteiger partial charge in [0.15, 0.2) is 9.84 Å². The average molecular weight is 396 g/mol. The van der Waals surface area contributed by atoms with Gasteiger partial charge in [-0.15, -0.1) is 0 Å². The van der Waals surface area contributed by atoms with Crippen LogP contribution < -0.4 is 10.0 Å². The average Bonchev–Trinajstić information content (AvgIpc) is 2.53. The summed E-state index contributed by atoms with van der Waals surface area (Å²) in [6.45, 7) is 1.71. The van der Waals surface area contributed by atoms with Gasteiger partial charge >= 0.3 is 0 Å². The molecule has 0 bridgehead atoms. The minimum Gasteiger partial charge on any atom is -0.345 e. The molecule has 0 saturated carbocycles. The zero-order valence-corrected chi connectivity index (χ0v) is 16.2. The lowest BCUT2D eigenvalue weighted by molar-refractivity contribution is 0.0940. The number of carbonyl (C=O) groups is 1. The molecule has 1 atom stereocenters. The Balaban J connectivity index is 2.26. The molecule has 1 unspecified atom stereocenters. The number of hydrogen-bond acceptors (Lipinski definition) is 5. The number of hydrogen-bond donors (Lipinski definition) is 2. The van der Waals surface area contributed by atoms with E-state index in [1.54, 1.807) is 31.2 Å². The first-order valence-electron chi connectivity index (χ1n) is 7.65. The number of sulfonamides is 1. The molecular weight excluding hydrogens is 376 g/mol. The maximum Gasteiger partial charge on any atom is 0.251 e. The van der Waals surface area contributed by atoms with Crippen molar-refractivity contribution >= 4 is 31.5 Å². The highest BCUT2D eigenvalue weighted by Crippen LogP contribution is 2.24. The quantitative estimate of drug-likeness (QED) is 0.776. The standard InChI is InChI=1S/C17H20N2O5S2/c1-12(15-9-4-5-10-16(15)19-26(3,23)24)18-17(20)13-7-6-8-14(11-13)25(2,21)22/h4-12,19H,1-3H3,(H,18,20). The van der Waals surface area contributed by atoms with E-state index in [4.69, 9.17) is 0 Å². The number of para-hydroxylation sites is 1. The zero-order valence-electron chi connectivity index (χ0n) is 14.6. The molecule has 140 valence electrons. The van der Waals surface area contributed by atoms with Crippen molar-refractivity contribution in [3.05, 3.63) is 59.7 Å². The van der Waals surface area contributed by atoms with E-state index < -0.39 is 31.8 Å². The van der Waals surface area contributed by atoms with Crippen LogP contribution in [0.3, 0.4) is 0 Å². The van der Waals surface area contributed by atoms with Crippen molar-refractivity contribution in [3.63, 3.8) is 0 Å². The van der Waals surface area contributed by atoms with E-state index in [1.165, 1.54) is 24.3 Å². The molecule has 0 heterocycles. The molecule has 9 heteroatoms. The van der Waals surface area contributed by atoms with Crippen LogP contribution in [0.1, 0.15) is 28.9 Å². The number of carbonyl (C=O) groups excluding carboxylic acids is 1. The lowest BCUT2D eigenvalue weighted by Crippen LogP contribution is -2.27. The van der Waals surface area contributed by atoms with Crippen LogP contribution in [0.5, 0.6) is 0 Å². The molecule has 0 aromatic heterocycles. The fraction of sp³-hybridized carbons (Fsp3) is 0.235. The maximum atomic E-state index is 12.5. The van der Waals surface area contributed by atoms with Gasteiger partial charge in [-0.1, -0.05) is 24.3 Å². The summed E-state index contributed by atoms with van der Waals surface area (Å²) in [6, 6.07) is 11.9. The van der Waals surface area contributed by atoms with Crippen LogP contribution in [-0.2, 0) is 19.9 Å². The van der Waals surface area contributed by atoms with Gasteiger partial charge in [0.25, 0.3) is 5.91 Å². The molecule has 2 aromatic carbocycles. The second kappa shape index (κ2) is 7.46. The SMILES string of the molecule is CC(NC(=O)c1cccc(S(C)(=O)=O)c1)c1ccccc1NS(C)(=O)=O. The van der Waals surface area contributed by atoms with Crippen molar-refractivity contribution in [2.45, 2.75) is 17.9 Å². The van der Waals surface area contributed by atoms with E-state index in [0.29, 0.717) is 11.3 Å². The topological polar surface area (TPSA) is 109 Å². The van der Waals surface area contributed by atoms with Gasteiger partial charge in [-0.25, -0.2) is 16.8 Å². The van der Waals surface area contributed by atoms with Gasteiger partial charge in [-0.2, -0.15) is 0 Å². The highest BCUT2D eigenvalue weighted by atomic mass is 32.2. The van der Waals surface area contributed by atoms with Gasteiger partial charge in [-0.3, -0.25) is 9.52 Å². The van der Waals surface area contributed by atoms with Gasteiger partial charge in [0.05, 0.1) is 22.9 Å². The van der Waals surface area contributed by atoms with Crippen molar-refractivity contribution in [1.29, 1.82) is 0 Å². The van der Waals surface area contributed by atoms with E-state index in [-0.39, 0.29) is 10.5 Å². The van der Waals surface area contributed by atoms with Gasteiger partial charge in [0.2, 0.25) is 10.0 Å². The monoisotopic (exact) mass is 396 g/mol. The third-order valence-electron chi connectivity index (χ3n) is 3.59. The Morgan fingerprint density at radius 1 is 0.962 bits per heavy atom. The molecule has 0 aliphatic carbocycles. The summed E-state index contributed by atoms with van der Waals surface area (Å²) in [5.74, 6) is -0.461. The molecule has 0 aliphatic heterocycles. The fourth-order valence-electron chi connectivity index (χ4n) is 2.39. The van der Waals surface area contributed by atoms with Crippen molar-refractivity contribution in [2.75, 3.05) is 17.2 Å². The fourth-order valence-corrected chi connectivity index (χ4v) is 3.65. The van der Waals surface area contributed by atoms with Crippen LogP contribution in [0.25, 0.3) is 0 Å². The Morgan fingerprint density at radius 3 is 2.23 bits per heavy atom. The summed E-state index contributed by atoms with van der Waals surface area (Å²) < 4.78 is 48.7. The van der Waals surface area contributed by atoms with E-state index in [2.05, 4.69) is 10.0 Å². The predicted octanol–water partition coefficient (Wildman–Crippen LogP) is 1.95. The van der Waals surface area contributed by atoms with E-state index in [9.17, 15) is 21.6 Å². The highest BCUT2D eigenvalue weighted by Gasteiger charge is 2.17. The zero-order chi connectivity index (χ0) is 19.5. The third kappa shape index (κ3) is 5.30. The summed E-state index contributed by atoms with van der Waals surface area (Å²) in [4.78, 5) is 12.5. The molecule has 2 rings (SSSR count).